The van der Waals surface area contributed by atoms with Crippen molar-refractivity contribution in [2.75, 3.05) is 13.2 Å². The second-order valence-electron chi connectivity index (χ2n) is 5.47. The van der Waals surface area contributed by atoms with E-state index in [0.29, 0.717) is 17.4 Å². The molecular weight excluding hydrogens is 337 g/mol. The quantitative estimate of drug-likeness (QED) is 0.690. The maximum absolute atomic E-state index is 12.8. The third-order valence-corrected chi connectivity index (χ3v) is 3.71. The van der Waals surface area contributed by atoms with Gasteiger partial charge < -0.3 is 14.5 Å². The Balaban J connectivity index is 1.65. The summed E-state index contributed by atoms with van der Waals surface area (Å²) in [7, 11) is 0. The molecule has 0 radical (unpaired) electrons. The molecule has 1 N–H and O–H groups in total. The number of hydrogen-bond donors (Lipinski definition) is 1. The molecule has 0 spiro atoms. The molecule has 2 heterocycles. The number of furan rings is 1. The van der Waals surface area contributed by atoms with Crippen LogP contribution in [-0.2, 0) is 0 Å². The van der Waals surface area contributed by atoms with E-state index in [1.807, 2.05) is 6.07 Å². The van der Waals surface area contributed by atoms with Crippen LogP contribution in [0.15, 0.2) is 53.2 Å². The van der Waals surface area contributed by atoms with Crippen molar-refractivity contribution >= 4 is 5.91 Å². The summed E-state index contributed by atoms with van der Waals surface area (Å²) in [4.78, 5) is 12.4. The number of aryl methyl sites for hydroxylation is 1. The SMILES string of the molecule is Cc1oc(-n2cccc2)c(C#N)c1C(=O)NCCOc1ccc(F)cc1. The number of ether oxygens (including phenoxy) is 1. The van der Waals surface area contributed by atoms with Gasteiger partial charge in [0, 0.05) is 12.4 Å². The fourth-order valence-corrected chi connectivity index (χ4v) is 2.51. The highest BCUT2D eigenvalue weighted by Crippen LogP contribution is 2.25. The average molecular weight is 353 g/mol. The Bertz CT molecular complexity index is 938. The lowest BCUT2D eigenvalue weighted by molar-refractivity contribution is 0.0945. The first-order chi connectivity index (χ1) is 12.6. The zero-order valence-corrected chi connectivity index (χ0v) is 14.0. The highest BCUT2D eigenvalue weighted by molar-refractivity contribution is 5.98. The summed E-state index contributed by atoms with van der Waals surface area (Å²) in [5, 5.41) is 12.1. The Hall–Kier alpha value is -3.53. The van der Waals surface area contributed by atoms with Crippen LogP contribution in [0.4, 0.5) is 4.39 Å². The second-order valence-corrected chi connectivity index (χ2v) is 5.47. The minimum Gasteiger partial charge on any atom is -0.492 e. The molecule has 1 amide bonds. The summed E-state index contributed by atoms with van der Waals surface area (Å²) >= 11 is 0. The molecule has 0 aliphatic heterocycles. The van der Waals surface area contributed by atoms with E-state index in [1.165, 1.54) is 24.3 Å². The maximum atomic E-state index is 12.8. The summed E-state index contributed by atoms with van der Waals surface area (Å²) in [6, 6.07) is 11.2. The molecule has 0 saturated heterocycles. The number of hydrogen-bond acceptors (Lipinski definition) is 4. The van der Waals surface area contributed by atoms with Crippen LogP contribution < -0.4 is 10.1 Å². The number of halogens is 1. The predicted molar refractivity (Wildman–Crippen MR) is 91.7 cm³/mol. The largest absolute Gasteiger partial charge is 0.492 e. The Morgan fingerprint density at radius 1 is 1.31 bits per heavy atom. The van der Waals surface area contributed by atoms with E-state index in [-0.39, 0.29) is 30.1 Å². The third-order valence-electron chi connectivity index (χ3n) is 3.71. The van der Waals surface area contributed by atoms with Crippen LogP contribution in [0.1, 0.15) is 21.7 Å². The van der Waals surface area contributed by atoms with Crippen LogP contribution >= 0.6 is 0 Å². The van der Waals surface area contributed by atoms with Crippen molar-refractivity contribution in [3.8, 4) is 17.7 Å². The van der Waals surface area contributed by atoms with Gasteiger partial charge in [-0.1, -0.05) is 0 Å². The highest BCUT2D eigenvalue weighted by atomic mass is 19.1. The molecule has 1 aromatic carbocycles. The Morgan fingerprint density at radius 3 is 2.65 bits per heavy atom. The van der Waals surface area contributed by atoms with Crippen molar-refractivity contribution < 1.29 is 18.3 Å². The van der Waals surface area contributed by atoms with E-state index in [4.69, 9.17) is 9.15 Å². The number of nitriles is 1. The molecule has 0 bridgehead atoms. The Labute approximate surface area is 149 Å². The number of rotatable bonds is 6. The zero-order chi connectivity index (χ0) is 18.5. The minimum atomic E-state index is -0.413. The van der Waals surface area contributed by atoms with Gasteiger partial charge in [-0.3, -0.25) is 9.36 Å². The summed E-state index contributed by atoms with van der Waals surface area (Å²) in [6.07, 6.45) is 3.47. The van der Waals surface area contributed by atoms with Crippen molar-refractivity contribution in [3.63, 3.8) is 0 Å². The van der Waals surface area contributed by atoms with E-state index >= 15 is 0 Å². The molecule has 0 unspecified atom stereocenters. The normalized spacial score (nSPS) is 10.3. The number of benzene rings is 1. The summed E-state index contributed by atoms with van der Waals surface area (Å²) in [5.74, 6) is 0.421. The lowest BCUT2D eigenvalue weighted by atomic mass is 10.1. The molecule has 2 aromatic heterocycles. The molecule has 6 nitrogen and oxygen atoms in total. The van der Waals surface area contributed by atoms with Gasteiger partial charge in [0.05, 0.1) is 6.54 Å². The Kier molecular flexibility index (Phi) is 5.04. The van der Waals surface area contributed by atoms with Gasteiger partial charge in [0.25, 0.3) is 5.91 Å². The number of nitrogens with one attached hydrogen (secondary N) is 1. The lowest BCUT2D eigenvalue weighted by Gasteiger charge is -2.07. The van der Waals surface area contributed by atoms with E-state index < -0.39 is 5.91 Å². The van der Waals surface area contributed by atoms with Crippen LogP contribution in [-0.4, -0.2) is 23.6 Å². The van der Waals surface area contributed by atoms with Crippen molar-refractivity contribution in [2.45, 2.75) is 6.92 Å². The molecule has 0 aliphatic rings. The van der Waals surface area contributed by atoms with Crippen molar-refractivity contribution in [1.29, 1.82) is 5.26 Å². The molecule has 0 aliphatic carbocycles. The minimum absolute atomic E-state index is 0.177. The molecule has 0 atom stereocenters. The Morgan fingerprint density at radius 2 is 2.00 bits per heavy atom. The summed E-state index contributed by atoms with van der Waals surface area (Å²) < 4.78 is 25.5. The standard InChI is InChI=1S/C19H16FN3O3/c1-13-17(16(12-21)19(26-13)23-9-2-3-10-23)18(24)22-8-11-25-15-6-4-14(20)5-7-15/h2-7,9-10H,8,11H2,1H3,(H,22,24). The second kappa shape index (κ2) is 7.57. The zero-order valence-electron chi connectivity index (χ0n) is 14.0. The van der Waals surface area contributed by atoms with Gasteiger partial charge in [-0.2, -0.15) is 5.26 Å². The van der Waals surface area contributed by atoms with Gasteiger partial charge in [-0.05, 0) is 43.3 Å². The molecule has 3 rings (SSSR count). The van der Waals surface area contributed by atoms with E-state index in [9.17, 15) is 14.4 Å². The molecular formula is C19H16FN3O3. The fourth-order valence-electron chi connectivity index (χ4n) is 2.51. The van der Waals surface area contributed by atoms with E-state index in [0.717, 1.165) is 0 Å². The number of amides is 1. The smallest absolute Gasteiger partial charge is 0.256 e. The lowest BCUT2D eigenvalue weighted by Crippen LogP contribution is -2.28. The van der Waals surface area contributed by atoms with Gasteiger partial charge in [0.1, 0.15) is 41.1 Å². The van der Waals surface area contributed by atoms with Crippen molar-refractivity contribution in [2.24, 2.45) is 0 Å². The van der Waals surface area contributed by atoms with Gasteiger partial charge in [0.15, 0.2) is 0 Å². The molecule has 7 heteroatoms. The van der Waals surface area contributed by atoms with Gasteiger partial charge in [-0.25, -0.2) is 4.39 Å². The van der Waals surface area contributed by atoms with Crippen molar-refractivity contribution in [1.82, 2.24) is 9.88 Å². The number of nitrogens with zero attached hydrogens (tertiary/aromatic N) is 2. The van der Waals surface area contributed by atoms with Gasteiger partial charge in [0.2, 0.25) is 5.88 Å². The van der Waals surface area contributed by atoms with Crippen LogP contribution in [0.25, 0.3) is 5.88 Å². The first-order valence-corrected chi connectivity index (χ1v) is 7.93. The fraction of sp³-hybridized carbons (Fsp3) is 0.158. The van der Waals surface area contributed by atoms with Gasteiger partial charge in [-0.15, -0.1) is 0 Å². The topological polar surface area (TPSA) is 80.2 Å². The first-order valence-electron chi connectivity index (χ1n) is 7.93. The maximum Gasteiger partial charge on any atom is 0.256 e. The monoisotopic (exact) mass is 353 g/mol. The van der Waals surface area contributed by atoms with E-state index in [2.05, 4.69) is 5.32 Å². The van der Waals surface area contributed by atoms with Crippen molar-refractivity contribution in [3.05, 3.63) is 71.5 Å². The summed E-state index contributed by atoms with van der Waals surface area (Å²) in [6.45, 7) is 2.07. The van der Waals surface area contributed by atoms with Crippen LogP contribution in [0, 0.1) is 24.1 Å². The summed E-state index contributed by atoms with van der Waals surface area (Å²) in [5.41, 5.74) is 0.383. The molecule has 3 aromatic rings. The molecule has 0 fully saturated rings. The molecule has 0 saturated carbocycles. The predicted octanol–water partition coefficient (Wildman–Crippen LogP) is 3.20. The average Bonchev–Trinajstić information content (AvgIpc) is 3.27. The number of carbonyl (C=O) groups excluding carboxylic acids is 1. The molecule has 132 valence electrons. The number of aromatic nitrogens is 1. The van der Waals surface area contributed by atoms with Gasteiger partial charge >= 0.3 is 0 Å². The highest BCUT2D eigenvalue weighted by Gasteiger charge is 2.24. The van der Waals surface area contributed by atoms with Crippen LogP contribution in [0.3, 0.4) is 0 Å². The van der Waals surface area contributed by atoms with E-state index in [1.54, 1.807) is 36.0 Å². The van der Waals surface area contributed by atoms with Crippen LogP contribution in [0.2, 0.25) is 0 Å². The first kappa shape index (κ1) is 17.3. The number of carbonyl (C=O) groups is 1. The third kappa shape index (κ3) is 3.59. The van der Waals surface area contributed by atoms with Crippen LogP contribution in [0.5, 0.6) is 5.75 Å². The molecule has 26 heavy (non-hydrogen) atoms.